The Morgan fingerprint density at radius 2 is 1.86 bits per heavy atom. The molecule has 1 nitrogen and oxygen atoms in total. The third kappa shape index (κ3) is 1.37. The van der Waals surface area contributed by atoms with Gasteiger partial charge < -0.3 is 4.23 Å². The Morgan fingerprint density at radius 3 is 2.50 bits per heavy atom. The van der Waals surface area contributed by atoms with Crippen LogP contribution in [0.3, 0.4) is 0 Å². The summed E-state index contributed by atoms with van der Waals surface area (Å²) in [6.07, 6.45) is 2.00. The smallest absolute Gasteiger partial charge is 0.152 e. The fourth-order valence-corrected chi connectivity index (χ4v) is 3.14. The van der Waals surface area contributed by atoms with Gasteiger partial charge in [0.2, 0.25) is 0 Å². The zero-order valence-corrected chi connectivity index (χ0v) is 9.71. The minimum atomic E-state index is -1.50. The molecule has 0 amide bonds. The van der Waals surface area contributed by atoms with Crippen LogP contribution in [0.2, 0.25) is 19.6 Å². The standard InChI is InChI=1S/C11H14FNSi/c1-14(2,3)13-8-7-9-5-4-6-10(12)11(9)13/h4-8H,1-3H3. The van der Waals surface area contributed by atoms with E-state index in [1.165, 1.54) is 6.07 Å². The lowest BCUT2D eigenvalue weighted by Crippen LogP contribution is -2.31. The third-order valence-corrected chi connectivity index (χ3v) is 4.20. The molecule has 2 aromatic rings. The van der Waals surface area contributed by atoms with Crippen LogP contribution in [0.4, 0.5) is 4.39 Å². The van der Waals surface area contributed by atoms with E-state index in [1.807, 2.05) is 18.3 Å². The summed E-state index contributed by atoms with van der Waals surface area (Å²) < 4.78 is 15.7. The van der Waals surface area contributed by atoms with Crippen molar-refractivity contribution in [3.05, 3.63) is 36.3 Å². The van der Waals surface area contributed by atoms with Crippen molar-refractivity contribution in [2.24, 2.45) is 0 Å². The number of para-hydroxylation sites is 1. The lowest BCUT2D eigenvalue weighted by atomic mass is 10.2. The maximum absolute atomic E-state index is 13.6. The van der Waals surface area contributed by atoms with Gasteiger partial charge in [0.15, 0.2) is 8.24 Å². The summed E-state index contributed by atoms with van der Waals surface area (Å²) in [5, 5.41) is 0.993. The van der Waals surface area contributed by atoms with Crippen LogP contribution in [0.25, 0.3) is 10.9 Å². The Kier molecular flexibility index (Phi) is 1.99. The van der Waals surface area contributed by atoms with Crippen molar-refractivity contribution in [2.75, 3.05) is 0 Å². The molecule has 0 atom stereocenters. The maximum Gasteiger partial charge on any atom is 0.152 e. The topological polar surface area (TPSA) is 4.93 Å². The first-order chi connectivity index (χ1) is 6.50. The highest BCUT2D eigenvalue weighted by atomic mass is 28.3. The van der Waals surface area contributed by atoms with Gasteiger partial charge in [-0.05, 0) is 18.3 Å². The van der Waals surface area contributed by atoms with Crippen LogP contribution < -0.4 is 0 Å². The van der Waals surface area contributed by atoms with E-state index in [4.69, 9.17) is 0 Å². The highest BCUT2D eigenvalue weighted by Crippen LogP contribution is 2.22. The monoisotopic (exact) mass is 207 g/mol. The van der Waals surface area contributed by atoms with Crippen LogP contribution in [0.15, 0.2) is 30.5 Å². The first kappa shape index (κ1) is 9.46. The minimum Gasteiger partial charge on any atom is -0.372 e. The van der Waals surface area contributed by atoms with E-state index in [9.17, 15) is 4.39 Å². The summed E-state index contributed by atoms with van der Waals surface area (Å²) in [7, 11) is -1.50. The number of fused-ring (bicyclic) bond motifs is 1. The van der Waals surface area contributed by atoms with Crippen molar-refractivity contribution >= 4 is 19.1 Å². The van der Waals surface area contributed by atoms with Crippen LogP contribution in [-0.4, -0.2) is 12.5 Å². The molecular weight excluding hydrogens is 193 g/mol. The first-order valence-electron chi connectivity index (χ1n) is 4.76. The molecule has 0 fully saturated rings. The van der Waals surface area contributed by atoms with Gasteiger partial charge >= 0.3 is 0 Å². The second-order valence-corrected chi connectivity index (χ2v) is 9.36. The predicted molar refractivity (Wildman–Crippen MR) is 60.6 cm³/mol. The van der Waals surface area contributed by atoms with Gasteiger partial charge in [-0.15, -0.1) is 0 Å². The fraction of sp³-hybridized carbons (Fsp3) is 0.273. The highest BCUT2D eigenvalue weighted by Gasteiger charge is 2.19. The van der Waals surface area contributed by atoms with Gasteiger partial charge in [-0.25, -0.2) is 4.39 Å². The molecule has 0 saturated carbocycles. The molecule has 0 aliphatic carbocycles. The lowest BCUT2D eigenvalue weighted by molar-refractivity contribution is 0.635. The van der Waals surface area contributed by atoms with E-state index in [0.717, 1.165) is 10.9 Å². The molecule has 0 saturated heterocycles. The van der Waals surface area contributed by atoms with E-state index in [2.05, 4.69) is 23.9 Å². The average molecular weight is 207 g/mol. The molecule has 1 aromatic carbocycles. The zero-order chi connectivity index (χ0) is 10.3. The largest absolute Gasteiger partial charge is 0.372 e. The average Bonchev–Trinajstić information content (AvgIpc) is 2.47. The number of hydrogen-bond acceptors (Lipinski definition) is 0. The van der Waals surface area contributed by atoms with Crippen molar-refractivity contribution in [3.63, 3.8) is 0 Å². The molecule has 74 valence electrons. The molecule has 1 aromatic heterocycles. The number of halogens is 1. The number of rotatable bonds is 1. The molecule has 0 unspecified atom stereocenters. The molecule has 0 bridgehead atoms. The summed E-state index contributed by atoms with van der Waals surface area (Å²) in [4.78, 5) is 0. The third-order valence-electron chi connectivity index (χ3n) is 2.38. The van der Waals surface area contributed by atoms with Crippen LogP contribution in [0, 0.1) is 5.82 Å². The number of hydrogen-bond donors (Lipinski definition) is 0. The van der Waals surface area contributed by atoms with Gasteiger partial charge in [-0.1, -0.05) is 31.8 Å². The summed E-state index contributed by atoms with van der Waals surface area (Å²) in [6, 6.07) is 7.22. The molecule has 3 heteroatoms. The van der Waals surface area contributed by atoms with Gasteiger partial charge in [0.05, 0.1) is 5.52 Å². The minimum absolute atomic E-state index is 0.116. The van der Waals surface area contributed by atoms with Crippen molar-refractivity contribution in [2.45, 2.75) is 19.6 Å². The summed E-state index contributed by atoms with van der Waals surface area (Å²) in [5.74, 6) is -0.116. The van der Waals surface area contributed by atoms with Crippen LogP contribution in [-0.2, 0) is 0 Å². The molecule has 2 rings (SSSR count). The number of nitrogens with zero attached hydrogens (tertiary/aromatic N) is 1. The van der Waals surface area contributed by atoms with Crippen LogP contribution >= 0.6 is 0 Å². The Labute approximate surface area is 84.3 Å². The van der Waals surface area contributed by atoms with E-state index in [-0.39, 0.29) is 5.82 Å². The second-order valence-electron chi connectivity index (χ2n) is 4.53. The molecule has 0 N–H and O–H groups in total. The molecule has 1 heterocycles. The van der Waals surface area contributed by atoms with Gasteiger partial charge in [0.1, 0.15) is 5.82 Å². The normalized spacial score (nSPS) is 12.3. The van der Waals surface area contributed by atoms with Gasteiger partial charge in [0, 0.05) is 5.39 Å². The van der Waals surface area contributed by atoms with Crippen molar-refractivity contribution in [3.8, 4) is 0 Å². The molecule has 0 radical (unpaired) electrons. The number of aromatic nitrogens is 1. The second kappa shape index (κ2) is 2.95. The zero-order valence-electron chi connectivity index (χ0n) is 8.71. The van der Waals surface area contributed by atoms with E-state index in [1.54, 1.807) is 6.07 Å². The predicted octanol–water partition coefficient (Wildman–Crippen LogP) is 3.46. The van der Waals surface area contributed by atoms with E-state index < -0.39 is 8.24 Å². The molecular formula is C11H14FNSi. The number of benzene rings is 1. The van der Waals surface area contributed by atoms with E-state index in [0.29, 0.717) is 0 Å². The SMILES string of the molecule is C[Si](C)(C)n1ccc2cccc(F)c21. The van der Waals surface area contributed by atoms with Crippen molar-refractivity contribution < 1.29 is 4.39 Å². The highest BCUT2D eigenvalue weighted by molar-refractivity contribution is 6.75. The maximum atomic E-state index is 13.6. The van der Waals surface area contributed by atoms with Gasteiger partial charge in [-0.3, -0.25) is 0 Å². The van der Waals surface area contributed by atoms with Crippen LogP contribution in [0.5, 0.6) is 0 Å². The van der Waals surface area contributed by atoms with Gasteiger partial charge in [0.25, 0.3) is 0 Å². The van der Waals surface area contributed by atoms with Crippen LogP contribution in [0.1, 0.15) is 0 Å². The summed E-state index contributed by atoms with van der Waals surface area (Å²) in [5.41, 5.74) is 0.756. The Balaban J connectivity index is 2.80. The summed E-state index contributed by atoms with van der Waals surface area (Å²) >= 11 is 0. The van der Waals surface area contributed by atoms with Crippen molar-refractivity contribution in [1.29, 1.82) is 0 Å². The van der Waals surface area contributed by atoms with Crippen molar-refractivity contribution in [1.82, 2.24) is 4.23 Å². The first-order valence-corrected chi connectivity index (χ1v) is 8.21. The lowest BCUT2D eigenvalue weighted by Gasteiger charge is -2.20. The summed E-state index contributed by atoms with van der Waals surface area (Å²) in [6.45, 7) is 6.62. The molecule has 0 aliphatic rings. The molecule has 0 spiro atoms. The Bertz CT molecular complexity index is 468. The Morgan fingerprint density at radius 1 is 1.14 bits per heavy atom. The molecule has 14 heavy (non-hydrogen) atoms. The molecule has 0 aliphatic heterocycles. The quantitative estimate of drug-likeness (QED) is 0.631. The fourth-order valence-electron chi connectivity index (χ4n) is 1.71. The Hall–Kier alpha value is -1.09. The van der Waals surface area contributed by atoms with E-state index >= 15 is 0 Å². The van der Waals surface area contributed by atoms with Gasteiger partial charge in [-0.2, -0.15) is 0 Å².